The molecule has 1 heterocycles. The van der Waals surface area contributed by atoms with Crippen molar-refractivity contribution in [3.05, 3.63) is 11.7 Å². The number of rotatable bonds is 2. The summed E-state index contributed by atoms with van der Waals surface area (Å²) in [6.45, 7) is 0. The molecule has 5 fully saturated rings. The van der Waals surface area contributed by atoms with E-state index in [-0.39, 0.29) is 11.0 Å². The van der Waals surface area contributed by atoms with Crippen LogP contribution in [0, 0.1) is 17.8 Å². The normalized spacial score (nSPS) is 43.6. The van der Waals surface area contributed by atoms with Crippen LogP contribution in [0.3, 0.4) is 0 Å². The Bertz CT molecular complexity index is 523. The highest BCUT2D eigenvalue weighted by Crippen LogP contribution is 2.60. The average Bonchev–Trinajstić information content (AvgIpc) is 3.06. The highest BCUT2D eigenvalue weighted by Gasteiger charge is 2.54. The molecule has 6 rings (SSSR count). The summed E-state index contributed by atoms with van der Waals surface area (Å²) >= 11 is 0. The number of hydrogen-bond donors (Lipinski definition) is 1. The van der Waals surface area contributed by atoms with Gasteiger partial charge in [-0.1, -0.05) is 18.0 Å². The summed E-state index contributed by atoms with van der Waals surface area (Å²) in [7, 11) is 0. The summed E-state index contributed by atoms with van der Waals surface area (Å²) in [6.07, 6.45) is 12.6. The minimum Gasteiger partial charge on any atom is -0.337 e. The van der Waals surface area contributed by atoms with E-state index in [0.29, 0.717) is 5.89 Å². The van der Waals surface area contributed by atoms with Gasteiger partial charge in [-0.15, -0.1) is 0 Å². The van der Waals surface area contributed by atoms with Gasteiger partial charge in [-0.25, -0.2) is 0 Å². The molecule has 0 atom stereocenters. The zero-order valence-corrected chi connectivity index (χ0v) is 12.7. The molecule has 0 radical (unpaired) electrons. The molecule has 0 saturated heterocycles. The lowest BCUT2D eigenvalue weighted by molar-refractivity contribution is -0.0103. The quantitative estimate of drug-likeness (QED) is 0.906. The molecule has 5 aliphatic carbocycles. The van der Waals surface area contributed by atoms with Crippen LogP contribution >= 0.6 is 0 Å². The van der Waals surface area contributed by atoms with Gasteiger partial charge < -0.3 is 10.3 Å². The van der Waals surface area contributed by atoms with Crippen molar-refractivity contribution in [2.24, 2.45) is 23.5 Å². The fraction of sp³-hybridized carbons (Fsp3) is 0.882. The Morgan fingerprint density at radius 2 is 1.52 bits per heavy atom. The molecule has 114 valence electrons. The van der Waals surface area contributed by atoms with Crippen molar-refractivity contribution in [1.82, 2.24) is 10.1 Å². The van der Waals surface area contributed by atoms with Crippen LogP contribution in [-0.4, -0.2) is 10.1 Å². The van der Waals surface area contributed by atoms with E-state index >= 15 is 0 Å². The van der Waals surface area contributed by atoms with Gasteiger partial charge in [0.1, 0.15) is 0 Å². The van der Waals surface area contributed by atoms with Gasteiger partial charge in [0.25, 0.3) is 0 Å². The molecule has 5 saturated carbocycles. The van der Waals surface area contributed by atoms with Crippen LogP contribution in [0.2, 0.25) is 0 Å². The molecule has 0 aliphatic heterocycles. The van der Waals surface area contributed by atoms with Crippen LogP contribution in [0.4, 0.5) is 0 Å². The van der Waals surface area contributed by atoms with Crippen molar-refractivity contribution >= 4 is 0 Å². The molecule has 2 N–H and O–H groups in total. The van der Waals surface area contributed by atoms with E-state index < -0.39 is 0 Å². The van der Waals surface area contributed by atoms with E-state index in [4.69, 9.17) is 15.2 Å². The lowest BCUT2D eigenvalue weighted by atomic mass is 9.49. The summed E-state index contributed by atoms with van der Waals surface area (Å²) in [4.78, 5) is 4.85. The minimum atomic E-state index is -0.340. The Balaban J connectivity index is 1.49. The Labute approximate surface area is 125 Å². The van der Waals surface area contributed by atoms with Crippen molar-refractivity contribution in [2.45, 2.75) is 75.2 Å². The smallest absolute Gasteiger partial charge is 0.246 e. The topological polar surface area (TPSA) is 64.9 Å². The molecular weight excluding hydrogens is 262 g/mol. The van der Waals surface area contributed by atoms with Crippen LogP contribution in [0.1, 0.15) is 75.9 Å². The summed E-state index contributed by atoms with van der Waals surface area (Å²) in [5.41, 5.74) is 6.38. The van der Waals surface area contributed by atoms with Gasteiger partial charge in [-0.2, -0.15) is 4.98 Å². The lowest BCUT2D eigenvalue weighted by Gasteiger charge is -2.55. The highest BCUT2D eigenvalue weighted by atomic mass is 16.5. The number of nitrogens with two attached hydrogens (primary N) is 1. The summed E-state index contributed by atoms with van der Waals surface area (Å²) in [6, 6.07) is 0. The van der Waals surface area contributed by atoms with E-state index in [1.54, 1.807) is 0 Å². The second kappa shape index (κ2) is 4.09. The van der Waals surface area contributed by atoms with Gasteiger partial charge in [0.05, 0.1) is 5.54 Å². The molecular formula is C17H25N3O. The van der Waals surface area contributed by atoms with E-state index in [0.717, 1.165) is 36.4 Å². The van der Waals surface area contributed by atoms with Crippen LogP contribution in [0.25, 0.3) is 0 Å². The van der Waals surface area contributed by atoms with Crippen LogP contribution in [0.15, 0.2) is 4.52 Å². The average molecular weight is 287 g/mol. The number of nitrogens with zero attached hydrogens (tertiary/aromatic N) is 2. The molecule has 1 aromatic heterocycles. The highest BCUT2D eigenvalue weighted by molar-refractivity contribution is 5.18. The zero-order valence-electron chi connectivity index (χ0n) is 12.7. The molecule has 21 heavy (non-hydrogen) atoms. The van der Waals surface area contributed by atoms with E-state index in [1.165, 1.54) is 51.4 Å². The molecule has 0 amide bonds. The Morgan fingerprint density at radius 1 is 0.952 bits per heavy atom. The minimum absolute atomic E-state index is 0.228. The predicted molar refractivity (Wildman–Crippen MR) is 78.5 cm³/mol. The molecule has 0 aromatic carbocycles. The maximum absolute atomic E-state index is 6.49. The second-order valence-electron chi connectivity index (χ2n) is 8.48. The SMILES string of the molecule is NC1(c2nc(C34CC5CC(CC(C5)C3)C4)no2)CCCC1. The monoisotopic (exact) mass is 287 g/mol. The Kier molecular flexibility index (Phi) is 2.46. The third kappa shape index (κ3) is 1.77. The third-order valence-corrected chi connectivity index (χ3v) is 6.86. The van der Waals surface area contributed by atoms with Gasteiger partial charge in [-0.05, 0) is 69.1 Å². The number of hydrogen-bond acceptors (Lipinski definition) is 4. The number of aromatic nitrogens is 2. The third-order valence-electron chi connectivity index (χ3n) is 6.86. The maximum Gasteiger partial charge on any atom is 0.246 e. The van der Waals surface area contributed by atoms with Gasteiger partial charge >= 0.3 is 0 Å². The van der Waals surface area contributed by atoms with Crippen molar-refractivity contribution in [2.75, 3.05) is 0 Å². The molecule has 4 nitrogen and oxygen atoms in total. The molecule has 5 aliphatic rings. The van der Waals surface area contributed by atoms with Crippen LogP contribution in [-0.2, 0) is 11.0 Å². The van der Waals surface area contributed by atoms with Gasteiger partial charge in [0.2, 0.25) is 5.89 Å². The fourth-order valence-corrected chi connectivity index (χ4v) is 6.25. The molecule has 1 aromatic rings. The first-order chi connectivity index (χ1) is 10.2. The first-order valence-electron chi connectivity index (χ1n) is 8.79. The van der Waals surface area contributed by atoms with Crippen LogP contribution < -0.4 is 5.73 Å². The standard InChI is InChI=1S/C17H25N3O/c18-17(3-1-2-4-17)15-19-14(20-21-15)16-8-11-5-12(9-16)7-13(6-11)10-16/h11-13H,1-10,18H2. The van der Waals surface area contributed by atoms with E-state index in [2.05, 4.69) is 5.16 Å². The summed E-state index contributed by atoms with van der Waals surface area (Å²) in [5.74, 6) is 4.45. The van der Waals surface area contributed by atoms with E-state index in [9.17, 15) is 0 Å². The fourth-order valence-electron chi connectivity index (χ4n) is 6.25. The van der Waals surface area contributed by atoms with Crippen molar-refractivity contribution in [3.8, 4) is 0 Å². The van der Waals surface area contributed by atoms with Crippen molar-refractivity contribution in [3.63, 3.8) is 0 Å². The predicted octanol–water partition coefficient (Wildman–Crippen LogP) is 3.27. The lowest BCUT2D eigenvalue weighted by Crippen LogP contribution is -2.49. The van der Waals surface area contributed by atoms with Gasteiger partial charge in [-0.3, -0.25) is 0 Å². The molecule has 0 unspecified atom stereocenters. The Morgan fingerprint density at radius 3 is 2.10 bits per heavy atom. The second-order valence-corrected chi connectivity index (χ2v) is 8.48. The molecule has 4 heteroatoms. The van der Waals surface area contributed by atoms with Gasteiger partial charge in [0.15, 0.2) is 5.82 Å². The van der Waals surface area contributed by atoms with Crippen molar-refractivity contribution in [1.29, 1.82) is 0 Å². The molecule has 0 spiro atoms. The maximum atomic E-state index is 6.49. The summed E-state index contributed by atoms with van der Waals surface area (Å²) in [5, 5.41) is 4.43. The van der Waals surface area contributed by atoms with Gasteiger partial charge in [0, 0.05) is 5.41 Å². The largest absolute Gasteiger partial charge is 0.337 e. The van der Waals surface area contributed by atoms with E-state index in [1.807, 2.05) is 0 Å². The Hall–Kier alpha value is -0.900. The zero-order chi connectivity index (χ0) is 14.1. The first kappa shape index (κ1) is 12.6. The van der Waals surface area contributed by atoms with Crippen molar-refractivity contribution < 1.29 is 4.52 Å². The molecule has 4 bridgehead atoms. The van der Waals surface area contributed by atoms with Crippen LogP contribution in [0.5, 0.6) is 0 Å². The first-order valence-corrected chi connectivity index (χ1v) is 8.79. The summed E-state index contributed by atoms with van der Waals surface area (Å²) < 4.78 is 5.65.